The Hall–Kier alpha value is -2.41. The lowest BCUT2D eigenvalue weighted by Gasteiger charge is -2.39. The predicted octanol–water partition coefficient (Wildman–Crippen LogP) is 1.41. The van der Waals surface area contributed by atoms with Crippen molar-refractivity contribution >= 4 is 11.6 Å². The molecule has 0 aromatic carbocycles. The predicted molar refractivity (Wildman–Crippen MR) is 92.5 cm³/mol. The zero-order valence-corrected chi connectivity index (χ0v) is 14.1. The fourth-order valence-electron chi connectivity index (χ4n) is 3.54. The number of anilines is 1. The van der Waals surface area contributed by atoms with Crippen LogP contribution in [-0.4, -0.2) is 45.7 Å². The molecule has 2 aromatic heterocycles. The number of piperidine rings is 1. The van der Waals surface area contributed by atoms with Gasteiger partial charge in [-0.15, -0.1) is 0 Å². The number of carbonyl (C=O) groups is 1. The summed E-state index contributed by atoms with van der Waals surface area (Å²) in [5.41, 5.74) is 7.68. The molecule has 0 spiro atoms. The summed E-state index contributed by atoms with van der Waals surface area (Å²) < 4.78 is 1.96. The molecule has 1 aliphatic rings. The smallest absolute Gasteiger partial charge is 0.267 e. The van der Waals surface area contributed by atoms with E-state index < -0.39 is 5.91 Å². The van der Waals surface area contributed by atoms with Crippen molar-refractivity contribution in [1.82, 2.24) is 19.7 Å². The van der Waals surface area contributed by atoms with Crippen LogP contribution in [0.1, 0.15) is 35.1 Å². The first-order valence-electron chi connectivity index (χ1n) is 8.24. The number of nitrogens with zero attached hydrogens (tertiary/aromatic N) is 4. The summed E-state index contributed by atoms with van der Waals surface area (Å²) >= 11 is 0. The first-order chi connectivity index (χ1) is 11.6. The number of primary amides is 1. The molecule has 7 heteroatoms. The monoisotopic (exact) mass is 328 g/mol. The molecular formula is C17H24N6O. The van der Waals surface area contributed by atoms with Gasteiger partial charge in [-0.1, -0.05) is 0 Å². The number of aryl methyl sites for hydroxylation is 1. The molecule has 1 aliphatic heterocycles. The molecule has 3 N–H and O–H groups in total. The Balaban J connectivity index is 1.74. The van der Waals surface area contributed by atoms with Crippen molar-refractivity contribution in [2.75, 3.05) is 25.5 Å². The highest BCUT2D eigenvalue weighted by atomic mass is 16.1. The Bertz CT molecular complexity index is 713. The number of hydrogen-bond acceptors (Lipinski definition) is 5. The maximum atomic E-state index is 11.3. The Labute approximate surface area is 141 Å². The van der Waals surface area contributed by atoms with Crippen LogP contribution in [0.5, 0.6) is 0 Å². The number of rotatable bonds is 5. The van der Waals surface area contributed by atoms with Gasteiger partial charge in [0.2, 0.25) is 0 Å². The average Bonchev–Trinajstić information content (AvgIpc) is 2.99. The van der Waals surface area contributed by atoms with Crippen LogP contribution < -0.4 is 11.1 Å². The molecule has 1 amide bonds. The van der Waals surface area contributed by atoms with Gasteiger partial charge < -0.3 is 11.1 Å². The lowest BCUT2D eigenvalue weighted by atomic mass is 9.87. The summed E-state index contributed by atoms with van der Waals surface area (Å²) in [6, 6.07) is 5.99. The van der Waals surface area contributed by atoms with Crippen molar-refractivity contribution in [3.63, 3.8) is 0 Å². The molecule has 0 saturated carbocycles. The molecule has 3 rings (SSSR count). The normalized spacial score (nSPS) is 21.6. The minimum absolute atomic E-state index is 0.281. The van der Waals surface area contributed by atoms with Gasteiger partial charge in [-0.25, -0.2) is 0 Å². The molecule has 0 radical (unpaired) electrons. The van der Waals surface area contributed by atoms with E-state index in [4.69, 9.17) is 5.73 Å². The lowest BCUT2D eigenvalue weighted by molar-refractivity contribution is 0.0995. The van der Waals surface area contributed by atoms with Crippen molar-refractivity contribution < 1.29 is 4.79 Å². The van der Waals surface area contributed by atoms with Crippen LogP contribution in [0.2, 0.25) is 0 Å². The molecule has 24 heavy (non-hydrogen) atoms. The molecule has 2 atom stereocenters. The largest absolute Gasteiger partial charge is 0.385 e. The summed E-state index contributed by atoms with van der Waals surface area (Å²) in [4.78, 5) is 17.6. The minimum atomic E-state index is -0.510. The second-order valence-corrected chi connectivity index (χ2v) is 6.38. The first-order valence-corrected chi connectivity index (χ1v) is 8.24. The van der Waals surface area contributed by atoms with E-state index in [1.165, 1.54) is 12.1 Å². The lowest BCUT2D eigenvalue weighted by Crippen LogP contribution is -2.39. The van der Waals surface area contributed by atoms with E-state index in [9.17, 15) is 4.79 Å². The third kappa shape index (κ3) is 3.41. The number of likely N-dealkylation sites (tertiary alicyclic amines) is 1. The highest BCUT2D eigenvalue weighted by molar-refractivity contribution is 5.91. The number of amides is 1. The molecule has 7 nitrogen and oxygen atoms in total. The van der Waals surface area contributed by atoms with E-state index in [2.05, 4.69) is 33.4 Å². The third-order valence-electron chi connectivity index (χ3n) is 4.75. The van der Waals surface area contributed by atoms with Gasteiger partial charge in [0.25, 0.3) is 5.91 Å². The second kappa shape index (κ2) is 7.00. The van der Waals surface area contributed by atoms with Crippen LogP contribution in [0.15, 0.2) is 30.6 Å². The van der Waals surface area contributed by atoms with Gasteiger partial charge in [0.05, 0.1) is 11.7 Å². The van der Waals surface area contributed by atoms with Crippen molar-refractivity contribution in [2.45, 2.75) is 18.9 Å². The van der Waals surface area contributed by atoms with Crippen molar-refractivity contribution in [3.05, 3.63) is 42.0 Å². The van der Waals surface area contributed by atoms with E-state index in [-0.39, 0.29) is 5.69 Å². The third-order valence-corrected chi connectivity index (χ3v) is 4.75. The Morgan fingerprint density at radius 2 is 2.21 bits per heavy atom. The SMILES string of the molecule is CN1CCC[C@@H](CNc2ccnc(C(N)=O)c2)[C@@H]1c1ccnn1C. The summed E-state index contributed by atoms with van der Waals surface area (Å²) in [7, 11) is 4.16. The van der Waals surface area contributed by atoms with Crippen LogP contribution in [0.3, 0.4) is 0 Å². The summed E-state index contributed by atoms with van der Waals surface area (Å²) in [6.45, 7) is 1.91. The molecule has 1 saturated heterocycles. The van der Waals surface area contributed by atoms with Crippen LogP contribution in [0, 0.1) is 5.92 Å². The average molecular weight is 328 g/mol. The Kier molecular flexibility index (Phi) is 4.80. The number of pyridine rings is 1. The topological polar surface area (TPSA) is 89.1 Å². The molecule has 2 aromatic rings. The zero-order chi connectivity index (χ0) is 17.1. The summed E-state index contributed by atoms with van der Waals surface area (Å²) in [5.74, 6) is -0.0480. The van der Waals surface area contributed by atoms with E-state index in [1.54, 1.807) is 12.3 Å². The standard InChI is InChI=1S/C17H24N6O/c1-22-9-3-4-12(16(22)15-6-8-21-23(15)2)11-20-13-5-7-19-14(10-13)17(18)24/h5-8,10,12,16H,3-4,9,11H2,1-2H3,(H2,18,24)(H,19,20)/t12-,16+/m0/s1. The number of nitrogens with two attached hydrogens (primary N) is 1. The van der Waals surface area contributed by atoms with Gasteiger partial charge in [-0.05, 0) is 50.6 Å². The van der Waals surface area contributed by atoms with Gasteiger partial charge in [-0.3, -0.25) is 19.4 Å². The number of nitrogens with one attached hydrogen (secondary N) is 1. The number of carbonyl (C=O) groups excluding carboxylic acids is 1. The van der Waals surface area contributed by atoms with Crippen molar-refractivity contribution in [3.8, 4) is 0 Å². The second-order valence-electron chi connectivity index (χ2n) is 6.38. The number of aromatic nitrogens is 3. The molecule has 128 valence electrons. The molecule has 3 heterocycles. The van der Waals surface area contributed by atoms with E-state index >= 15 is 0 Å². The summed E-state index contributed by atoms with van der Waals surface area (Å²) in [6.07, 6.45) is 5.79. The highest BCUT2D eigenvalue weighted by Gasteiger charge is 2.32. The van der Waals surface area contributed by atoms with Gasteiger partial charge in [0.1, 0.15) is 5.69 Å². The minimum Gasteiger partial charge on any atom is -0.385 e. The van der Waals surface area contributed by atoms with Crippen molar-refractivity contribution in [2.24, 2.45) is 18.7 Å². The number of hydrogen-bond donors (Lipinski definition) is 2. The van der Waals surface area contributed by atoms with Gasteiger partial charge >= 0.3 is 0 Å². The van der Waals surface area contributed by atoms with Gasteiger partial charge in [-0.2, -0.15) is 5.10 Å². The fourth-order valence-corrected chi connectivity index (χ4v) is 3.54. The maximum absolute atomic E-state index is 11.3. The maximum Gasteiger partial charge on any atom is 0.267 e. The van der Waals surface area contributed by atoms with Crippen LogP contribution >= 0.6 is 0 Å². The van der Waals surface area contributed by atoms with Gasteiger partial charge in [0.15, 0.2) is 0 Å². The molecular weight excluding hydrogens is 304 g/mol. The van der Waals surface area contributed by atoms with E-state index in [0.29, 0.717) is 12.0 Å². The fraction of sp³-hybridized carbons (Fsp3) is 0.471. The van der Waals surface area contributed by atoms with E-state index in [1.807, 2.05) is 24.0 Å². The zero-order valence-electron chi connectivity index (χ0n) is 14.1. The first kappa shape index (κ1) is 16.4. The van der Waals surface area contributed by atoms with Crippen molar-refractivity contribution in [1.29, 1.82) is 0 Å². The summed E-state index contributed by atoms with van der Waals surface area (Å²) in [5, 5.41) is 7.76. The molecule has 0 unspecified atom stereocenters. The van der Waals surface area contributed by atoms with Crippen LogP contribution in [0.25, 0.3) is 0 Å². The highest BCUT2D eigenvalue weighted by Crippen LogP contribution is 2.34. The quantitative estimate of drug-likeness (QED) is 0.866. The van der Waals surface area contributed by atoms with Crippen LogP contribution in [0.4, 0.5) is 5.69 Å². The molecule has 0 bridgehead atoms. The Morgan fingerprint density at radius 3 is 2.92 bits per heavy atom. The molecule has 1 fully saturated rings. The van der Waals surface area contributed by atoms with E-state index in [0.717, 1.165) is 25.2 Å². The van der Waals surface area contributed by atoms with Crippen LogP contribution in [-0.2, 0) is 7.05 Å². The molecule has 0 aliphatic carbocycles. The Morgan fingerprint density at radius 1 is 1.38 bits per heavy atom. The van der Waals surface area contributed by atoms with Gasteiger partial charge in [0, 0.05) is 31.7 Å².